The summed E-state index contributed by atoms with van der Waals surface area (Å²) in [7, 11) is 0. The molecular weight excluding hydrogens is 909 g/mol. The van der Waals surface area contributed by atoms with Gasteiger partial charge >= 0.3 is 12.5 Å². The summed E-state index contributed by atoms with van der Waals surface area (Å²) in [6, 6.07) is 27.4. The molecule has 0 aliphatic heterocycles. The number of amides is 2. The van der Waals surface area contributed by atoms with Crippen LogP contribution in [0, 0.1) is 13.8 Å². The summed E-state index contributed by atoms with van der Waals surface area (Å²) < 4.78 is 82.9. The van der Waals surface area contributed by atoms with E-state index in [4.69, 9.17) is 5.11 Å². The number of carbonyl (C=O) groups excluding carboxylic acids is 2. The molecule has 8 aromatic rings. The summed E-state index contributed by atoms with van der Waals surface area (Å²) in [6.07, 6.45) is -0.0353. The highest BCUT2D eigenvalue weighted by Gasteiger charge is 2.32. The Morgan fingerprint density at radius 1 is 0.725 bits per heavy atom. The second kappa shape index (κ2) is 21.3. The highest BCUT2D eigenvalue weighted by Crippen LogP contribution is 2.34. The van der Waals surface area contributed by atoms with Crippen LogP contribution in [0.3, 0.4) is 0 Å². The van der Waals surface area contributed by atoms with Crippen molar-refractivity contribution in [2.75, 3.05) is 29.1 Å². The van der Waals surface area contributed by atoms with E-state index in [1.807, 2.05) is 13.0 Å². The van der Waals surface area contributed by atoms with E-state index in [2.05, 4.69) is 55.9 Å². The zero-order valence-electron chi connectivity index (χ0n) is 36.3. The SMILES string of the molecule is Cc1cn(-c2cc(NC(=O)c3ccc(C)c(Nc4nccc(-c5cccnc5)n4)c3)cc(C(F)(F)F)c2)cn1.O=C(NCCO)c1cccc(-c2cc(Nc3ccc(OC(F)(F)F)cc3)ncn2)c1. The van der Waals surface area contributed by atoms with Gasteiger partial charge in [0, 0.05) is 82.4 Å². The average molecular weight is 948 g/mol. The van der Waals surface area contributed by atoms with Crippen LogP contribution in [0.4, 0.5) is 55.2 Å². The van der Waals surface area contributed by atoms with E-state index in [0.717, 1.165) is 23.3 Å². The van der Waals surface area contributed by atoms with Crippen molar-refractivity contribution in [3.05, 3.63) is 175 Å². The minimum Gasteiger partial charge on any atom is -0.406 e. The zero-order valence-corrected chi connectivity index (χ0v) is 36.3. The summed E-state index contributed by atoms with van der Waals surface area (Å²) in [6.45, 7) is 3.57. The molecule has 4 aromatic heterocycles. The molecule has 4 aromatic carbocycles. The molecule has 0 saturated carbocycles. The Kier molecular flexibility index (Phi) is 14.9. The zero-order chi connectivity index (χ0) is 49.1. The minimum atomic E-state index is -4.75. The summed E-state index contributed by atoms with van der Waals surface area (Å²) in [4.78, 5) is 50.4. The average Bonchev–Trinajstić information content (AvgIpc) is 3.78. The molecule has 69 heavy (non-hydrogen) atoms. The van der Waals surface area contributed by atoms with Crippen LogP contribution in [0.5, 0.6) is 5.75 Å². The lowest BCUT2D eigenvalue weighted by atomic mass is 10.1. The monoisotopic (exact) mass is 947 g/mol. The van der Waals surface area contributed by atoms with Crippen LogP contribution >= 0.6 is 0 Å². The summed E-state index contributed by atoms with van der Waals surface area (Å²) in [5.74, 6) is -0.489. The fraction of sp³-hybridized carbons (Fsp3) is 0.125. The molecule has 21 heteroatoms. The Hall–Kier alpha value is -8.72. The number of rotatable bonds is 13. The largest absolute Gasteiger partial charge is 0.573 e. The van der Waals surface area contributed by atoms with Gasteiger partial charge in [0.1, 0.15) is 17.9 Å². The lowest BCUT2D eigenvalue weighted by Gasteiger charge is -2.14. The Balaban J connectivity index is 0.000000211. The fourth-order valence-corrected chi connectivity index (χ4v) is 6.44. The van der Waals surface area contributed by atoms with E-state index in [1.165, 1.54) is 47.6 Å². The molecule has 0 atom stereocenters. The first-order chi connectivity index (χ1) is 33.0. The number of anilines is 5. The molecule has 0 aliphatic rings. The number of pyridine rings is 1. The first-order valence-corrected chi connectivity index (χ1v) is 20.6. The number of aliphatic hydroxyl groups excluding tert-OH is 1. The van der Waals surface area contributed by atoms with Crippen LogP contribution in [0.25, 0.3) is 28.2 Å². The van der Waals surface area contributed by atoms with Crippen LogP contribution in [0.1, 0.15) is 37.5 Å². The maximum Gasteiger partial charge on any atom is 0.573 e. The highest BCUT2D eigenvalue weighted by atomic mass is 19.4. The fourth-order valence-electron chi connectivity index (χ4n) is 6.44. The van der Waals surface area contributed by atoms with E-state index >= 15 is 0 Å². The second-order valence-electron chi connectivity index (χ2n) is 14.9. The van der Waals surface area contributed by atoms with E-state index < -0.39 is 24.0 Å². The lowest BCUT2D eigenvalue weighted by molar-refractivity contribution is -0.274. The minimum absolute atomic E-state index is 0.00114. The van der Waals surface area contributed by atoms with Crippen molar-refractivity contribution in [3.8, 4) is 34.0 Å². The molecule has 5 N–H and O–H groups in total. The van der Waals surface area contributed by atoms with Gasteiger partial charge in [0.2, 0.25) is 5.95 Å². The van der Waals surface area contributed by atoms with Gasteiger partial charge in [-0.15, -0.1) is 13.2 Å². The van der Waals surface area contributed by atoms with Gasteiger partial charge in [0.25, 0.3) is 11.8 Å². The summed E-state index contributed by atoms with van der Waals surface area (Å²) in [5, 5.41) is 20.1. The van der Waals surface area contributed by atoms with Crippen LogP contribution < -0.4 is 26.0 Å². The number of aliphatic hydroxyl groups is 1. The third-order valence-corrected chi connectivity index (χ3v) is 9.72. The van der Waals surface area contributed by atoms with Gasteiger partial charge in [-0.05, 0) is 104 Å². The predicted molar refractivity (Wildman–Crippen MR) is 244 cm³/mol. The van der Waals surface area contributed by atoms with Gasteiger partial charge < -0.3 is 35.7 Å². The number of alkyl halides is 6. The van der Waals surface area contributed by atoms with Gasteiger partial charge in [-0.3, -0.25) is 14.6 Å². The van der Waals surface area contributed by atoms with Gasteiger partial charge in [0.05, 0.1) is 35.6 Å². The highest BCUT2D eigenvalue weighted by molar-refractivity contribution is 6.05. The van der Waals surface area contributed by atoms with E-state index in [-0.39, 0.29) is 41.7 Å². The van der Waals surface area contributed by atoms with Crippen molar-refractivity contribution in [2.24, 2.45) is 0 Å². The number of nitrogens with zero attached hydrogens (tertiary/aromatic N) is 7. The van der Waals surface area contributed by atoms with E-state index in [9.17, 15) is 35.9 Å². The van der Waals surface area contributed by atoms with Gasteiger partial charge in [-0.1, -0.05) is 18.2 Å². The van der Waals surface area contributed by atoms with Crippen molar-refractivity contribution in [3.63, 3.8) is 0 Å². The Morgan fingerprint density at radius 2 is 1.51 bits per heavy atom. The van der Waals surface area contributed by atoms with Crippen molar-refractivity contribution < 1.29 is 45.8 Å². The summed E-state index contributed by atoms with van der Waals surface area (Å²) in [5.41, 5.74) is 5.22. The Labute approximate surface area is 389 Å². The standard InChI is InChI=1S/C28H22F3N7O.C20H17F3N4O3/c1-17-5-6-19(10-25(17)37-27-33-9-7-24(36-27)20-4-3-8-32-14-20)26(39)35-22-11-21(28(29,30)31)12-23(13-22)38-15-18(2)34-16-38;21-20(22,23)30-16-6-4-15(5-7-16)27-18-11-17(25-12-26-18)13-2-1-3-14(10-13)19(29)24-8-9-28/h3-16H,1-2H3,(H,35,39)(H,33,36,37);1-7,10-12,28H,8-9H2,(H,24,29)(H,25,26,27). The molecule has 4 heterocycles. The van der Waals surface area contributed by atoms with Crippen LogP contribution in [-0.2, 0) is 6.18 Å². The van der Waals surface area contributed by atoms with Crippen molar-refractivity contribution >= 4 is 40.6 Å². The maximum absolute atomic E-state index is 13.6. The molecule has 0 fully saturated rings. The molecule has 15 nitrogen and oxygen atoms in total. The molecule has 8 rings (SSSR count). The summed E-state index contributed by atoms with van der Waals surface area (Å²) >= 11 is 0. The van der Waals surface area contributed by atoms with E-state index in [0.29, 0.717) is 51.3 Å². The first-order valence-electron chi connectivity index (χ1n) is 20.6. The lowest BCUT2D eigenvalue weighted by Crippen LogP contribution is -2.26. The second-order valence-corrected chi connectivity index (χ2v) is 14.9. The normalized spacial score (nSPS) is 11.2. The molecule has 352 valence electrons. The predicted octanol–water partition coefficient (Wildman–Crippen LogP) is 9.86. The van der Waals surface area contributed by atoms with Crippen LogP contribution in [0.15, 0.2) is 147 Å². The van der Waals surface area contributed by atoms with Gasteiger partial charge in [0.15, 0.2) is 0 Å². The molecule has 0 radical (unpaired) electrons. The van der Waals surface area contributed by atoms with Gasteiger partial charge in [-0.2, -0.15) is 13.2 Å². The number of benzene rings is 4. The molecule has 0 unspecified atom stereocenters. The molecular formula is C48H39F6N11O4. The molecule has 0 aliphatic carbocycles. The van der Waals surface area contributed by atoms with Crippen molar-refractivity contribution in [1.29, 1.82) is 0 Å². The smallest absolute Gasteiger partial charge is 0.406 e. The third-order valence-electron chi connectivity index (χ3n) is 9.72. The van der Waals surface area contributed by atoms with Crippen molar-refractivity contribution in [2.45, 2.75) is 26.4 Å². The molecule has 2 amide bonds. The number of nitrogens with one attached hydrogen (secondary N) is 4. The topological polar surface area (TPSA) is 194 Å². The number of halogens is 6. The number of aryl methyl sites for hydroxylation is 2. The maximum atomic E-state index is 13.6. The number of hydrogen-bond donors (Lipinski definition) is 5. The first kappa shape index (κ1) is 48.2. The number of hydrogen-bond acceptors (Lipinski definition) is 12. The van der Waals surface area contributed by atoms with E-state index in [1.54, 1.807) is 92.4 Å². The number of imidazole rings is 1. The molecule has 0 bridgehead atoms. The third kappa shape index (κ3) is 13.4. The van der Waals surface area contributed by atoms with Crippen LogP contribution in [-0.4, -0.2) is 70.9 Å². The molecule has 0 saturated heterocycles. The van der Waals surface area contributed by atoms with Crippen molar-refractivity contribution in [1.82, 2.24) is 39.8 Å². The van der Waals surface area contributed by atoms with Gasteiger partial charge in [-0.25, -0.2) is 24.9 Å². The van der Waals surface area contributed by atoms with Crippen LogP contribution in [0.2, 0.25) is 0 Å². The number of carbonyl (C=O) groups is 2. The quantitative estimate of drug-likeness (QED) is 0.0688. The number of aromatic nitrogens is 7. The Morgan fingerprint density at radius 3 is 2.22 bits per heavy atom. The molecule has 0 spiro atoms. The Bertz CT molecular complexity index is 3060. The number of ether oxygens (including phenoxy) is 1.